The molecule has 0 aliphatic heterocycles. The van der Waals surface area contributed by atoms with Crippen molar-refractivity contribution in [3.63, 3.8) is 0 Å². The molecule has 16 heavy (non-hydrogen) atoms. The maximum Gasteiger partial charge on any atom is 0.0470 e. The van der Waals surface area contributed by atoms with Crippen molar-refractivity contribution in [3.8, 4) is 0 Å². The molecule has 1 saturated carbocycles. The van der Waals surface area contributed by atoms with Crippen LogP contribution in [0.3, 0.4) is 0 Å². The van der Waals surface area contributed by atoms with Gasteiger partial charge in [-0.05, 0) is 38.0 Å². The lowest BCUT2D eigenvalue weighted by atomic mass is 9.84. The third kappa shape index (κ3) is 5.55. The Morgan fingerprint density at radius 2 is 2.06 bits per heavy atom. The molecule has 96 valence electrons. The summed E-state index contributed by atoms with van der Waals surface area (Å²) < 4.78 is 5.06. The van der Waals surface area contributed by atoms with Gasteiger partial charge in [-0.1, -0.05) is 19.3 Å². The van der Waals surface area contributed by atoms with Crippen LogP contribution in [0, 0.1) is 5.92 Å². The highest BCUT2D eigenvalue weighted by atomic mass is 32.2. The third-order valence-corrected chi connectivity index (χ3v) is 4.70. The summed E-state index contributed by atoms with van der Waals surface area (Å²) in [7, 11) is 3.90. The molecule has 0 bridgehead atoms. The Balaban J connectivity index is 2.10. The molecule has 0 aromatic heterocycles. The highest BCUT2D eigenvalue weighted by Gasteiger charge is 2.21. The molecule has 1 atom stereocenters. The standard InChI is InChI=1S/C13H27NOS/c1-14-13(11-16-10-6-9-15-2)12-7-4-3-5-8-12/h12-14H,3-11H2,1-2H3. The van der Waals surface area contributed by atoms with E-state index in [1.807, 2.05) is 0 Å². The van der Waals surface area contributed by atoms with Gasteiger partial charge in [0.2, 0.25) is 0 Å². The lowest BCUT2D eigenvalue weighted by Gasteiger charge is -2.29. The number of hydrogen-bond donors (Lipinski definition) is 1. The van der Waals surface area contributed by atoms with Crippen LogP contribution in [0.2, 0.25) is 0 Å². The van der Waals surface area contributed by atoms with Crippen LogP contribution < -0.4 is 5.32 Å². The van der Waals surface area contributed by atoms with Crippen molar-refractivity contribution in [2.24, 2.45) is 5.92 Å². The van der Waals surface area contributed by atoms with E-state index in [2.05, 4.69) is 24.1 Å². The summed E-state index contributed by atoms with van der Waals surface area (Å²) in [5.41, 5.74) is 0. The maximum atomic E-state index is 5.06. The van der Waals surface area contributed by atoms with Gasteiger partial charge in [0.15, 0.2) is 0 Å². The fourth-order valence-corrected chi connectivity index (χ4v) is 3.69. The number of nitrogens with one attached hydrogen (secondary N) is 1. The Hall–Kier alpha value is 0.270. The second-order valence-corrected chi connectivity index (χ2v) is 5.86. The fraction of sp³-hybridized carbons (Fsp3) is 1.00. The van der Waals surface area contributed by atoms with Crippen LogP contribution in [0.25, 0.3) is 0 Å². The van der Waals surface area contributed by atoms with Crippen molar-refractivity contribution < 1.29 is 4.74 Å². The zero-order chi connectivity index (χ0) is 11.6. The van der Waals surface area contributed by atoms with Gasteiger partial charge in [-0.25, -0.2) is 0 Å². The molecule has 0 aromatic rings. The average Bonchev–Trinajstić information content (AvgIpc) is 2.35. The van der Waals surface area contributed by atoms with E-state index in [1.165, 1.54) is 50.0 Å². The number of methoxy groups -OCH3 is 1. The van der Waals surface area contributed by atoms with Gasteiger partial charge in [0.25, 0.3) is 0 Å². The minimum Gasteiger partial charge on any atom is -0.385 e. The summed E-state index contributed by atoms with van der Waals surface area (Å²) >= 11 is 2.08. The van der Waals surface area contributed by atoms with Crippen LogP contribution in [0.15, 0.2) is 0 Å². The molecule has 1 fully saturated rings. The first-order valence-electron chi connectivity index (χ1n) is 6.62. The van der Waals surface area contributed by atoms with Gasteiger partial charge in [0.05, 0.1) is 0 Å². The molecule has 1 unspecified atom stereocenters. The average molecular weight is 245 g/mol. The summed E-state index contributed by atoms with van der Waals surface area (Å²) in [6.45, 7) is 0.903. The molecule has 0 spiro atoms. The molecule has 1 N–H and O–H groups in total. The molecular formula is C13H27NOS. The molecule has 0 radical (unpaired) electrons. The second-order valence-electron chi connectivity index (χ2n) is 4.71. The van der Waals surface area contributed by atoms with Crippen LogP contribution in [-0.4, -0.2) is 38.3 Å². The summed E-state index contributed by atoms with van der Waals surface area (Å²) in [5, 5.41) is 3.51. The number of ether oxygens (including phenoxy) is 1. The SMILES string of the molecule is CNC(CSCCCOC)C1CCCCC1. The predicted octanol–water partition coefficient (Wildman–Crippen LogP) is 2.92. The van der Waals surface area contributed by atoms with E-state index < -0.39 is 0 Å². The quantitative estimate of drug-likeness (QED) is 0.664. The Bertz CT molecular complexity index is 160. The van der Waals surface area contributed by atoms with Gasteiger partial charge >= 0.3 is 0 Å². The first-order chi connectivity index (χ1) is 7.88. The molecule has 1 rings (SSSR count). The lowest BCUT2D eigenvalue weighted by molar-refractivity contribution is 0.200. The Kier molecular flexibility index (Phi) is 8.34. The highest BCUT2D eigenvalue weighted by molar-refractivity contribution is 7.99. The van der Waals surface area contributed by atoms with E-state index in [1.54, 1.807) is 7.11 Å². The topological polar surface area (TPSA) is 21.3 Å². The largest absolute Gasteiger partial charge is 0.385 e. The molecular weight excluding hydrogens is 218 g/mol. The smallest absolute Gasteiger partial charge is 0.0470 e. The van der Waals surface area contributed by atoms with Gasteiger partial charge in [-0.3, -0.25) is 0 Å². The number of rotatable bonds is 8. The van der Waals surface area contributed by atoms with Crippen LogP contribution in [-0.2, 0) is 4.74 Å². The molecule has 0 heterocycles. The summed E-state index contributed by atoms with van der Waals surface area (Å²) in [4.78, 5) is 0. The maximum absolute atomic E-state index is 5.06. The van der Waals surface area contributed by atoms with Crippen molar-refractivity contribution in [1.82, 2.24) is 5.32 Å². The molecule has 2 nitrogen and oxygen atoms in total. The van der Waals surface area contributed by atoms with Gasteiger partial charge in [0.1, 0.15) is 0 Å². The second kappa shape index (κ2) is 9.32. The summed E-state index contributed by atoms with van der Waals surface area (Å²) in [6.07, 6.45) is 8.39. The van der Waals surface area contributed by atoms with E-state index >= 15 is 0 Å². The number of hydrogen-bond acceptors (Lipinski definition) is 3. The van der Waals surface area contributed by atoms with E-state index in [-0.39, 0.29) is 0 Å². The van der Waals surface area contributed by atoms with Crippen LogP contribution in [0.5, 0.6) is 0 Å². The molecule has 1 aliphatic carbocycles. The molecule has 0 amide bonds. The highest BCUT2D eigenvalue weighted by Crippen LogP contribution is 2.27. The molecule has 0 aromatic carbocycles. The van der Waals surface area contributed by atoms with Crippen molar-refractivity contribution in [2.75, 3.05) is 32.3 Å². The van der Waals surface area contributed by atoms with Crippen molar-refractivity contribution in [1.29, 1.82) is 0 Å². The Labute approximate surface area is 105 Å². The summed E-state index contributed by atoms with van der Waals surface area (Å²) in [6, 6.07) is 0.729. The first kappa shape index (κ1) is 14.3. The van der Waals surface area contributed by atoms with Crippen LogP contribution >= 0.6 is 11.8 Å². The fourth-order valence-electron chi connectivity index (χ4n) is 2.51. The zero-order valence-electron chi connectivity index (χ0n) is 10.8. The molecule has 0 saturated heterocycles. The molecule has 1 aliphatic rings. The van der Waals surface area contributed by atoms with Crippen molar-refractivity contribution in [2.45, 2.75) is 44.6 Å². The Morgan fingerprint density at radius 1 is 1.31 bits per heavy atom. The first-order valence-corrected chi connectivity index (χ1v) is 7.78. The van der Waals surface area contributed by atoms with E-state index in [4.69, 9.17) is 4.74 Å². The Morgan fingerprint density at radius 3 is 2.69 bits per heavy atom. The van der Waals surface area contributed by atoms with E-state index in [9.17, 15) is 0 Å². The monoisotopic (exact) mass is 245 g/mol. The van der Waals surface area contributed by atoms with E-state index in [0.29, 0.717) is 0 Å². The minimum absolute atomic E-state index is 0.729. The summed E-state index contributed by atoms with van der Waals surface area (Å²) in [5.74, 6) is 3.43. The number of thioether (sulfide) groups is 1. The van der Waals surface area contributed by atoms with Gasteiger partial charge in [0, 0.05) is 25.5 Å². The lowest BCUT2D eigenvalue weighted by Crippen LogP contribution is -2.37. The van der Waals surface area contributed by atoms with Gasteiger partial charge in [-0.15, -0.1) is 0 Å². The zero-order valence-corrected chi connectivity index (χ0v) is 11.7. The van der Waals surface area contributed by atoms with Crippen LogP contribution in [0.1, 0.15) is 38.5 Å². The minimum atomic E-state index is 0.729. The van der Waals surface area contributed by atoms with Crippen molar-refractivity contribution >= 4 is 11.8 Å². The molecule has 3 heteroatoms. The third-order valence-electron chi connectivity index (χ3n) is 3.52. The van der Waals surface area contributed by atoms with Gasteiger partial charge in [-0.2, -0.15) is 11.8 Å². The predicted molar refractivity (Wildman–Crippen MR) is 73.2 cm³/mol. The normalized spacial score (nSPS) is 19.9. The van der Waals surface area contributed by atoms with Gasteiger partial charge < -0.3 is 10.1 Å². The van der Waals surface area contributed by atoms with Crippen molar-refractivity contribution in [3.05, 3.63) is 0 Å². The van der Waals surface area contributed by atoms with Crippen LogP contribution in [0.4, 0.5) is 0 Å². The van der Waals surface area contributed by atoms with E-state index in [0.717, 1.165) is 18.6 Å².